The van der Waals surface area contributed by atoms with Crippen molar-refractivity contribution in [2.75, 3.05) is 36.0 Å². The number of anilines is 2. The topological polar surface area (TPSA) is 62.5 Å². The van der Waals surface area contributed by atoms with E-state index in [1.165, 1.54) is 6.07 Å². The number of nitro groups is 1. The van der Waals surface area contributed by atoms with Gasteiger partial charge in [-0.3, -0.25) is 10.1 Å². The van der Waals surface area contributed by atoms with Gasteiger partial charge in [-0.15, -0.1) is 0 Å². The summed E-state index contributed by atoms with van der Waals surface area (Å²) in [6.45, 7) is 2.83. The van der Waals surface area contributed by atoms with Gasteiger partial charge in [-0.25, -0.2) is 4.98 Å². The predicted molar refractivity (Wildman–Crippen MR) is 86.8 cm³/mol. The van der Waals surface area contributed by atoms with E-state index in [9.17, 15) is 10.1 Å². The molecule has 0 saturated carbocycles. The highest BCUT2D eigenvalue weighted by Crippen LogP contribution is 2.30. The summed E-state index contributed by atoms with van der Waals surface area (Å²) in [6.07, 6.45) is 1.72. The second kappa shape index (κ2) is 6.19. The number of piperazine rings is 1. The van der Waals surface area contributed by atoms with E-state index in [-0.39, 0.29) is 10.6 Å². The summed E-state index contributed by atoms with van der Waals surface area (Å²) in [6, 6.07) is 10.5. The van der Waals surface area contributed by atoms with Crippen LogP contribution in [0.25, 0.3) is 0 Å². The van der Waals surface area contributed by atoms with Crippen LogP contribution in [-0.4, -0.2) is 36.1 Å². The van der Waals surface area contributed by atoms with Gasteiger partial charge in [-0.05, 0) is 18.2 Å². The van der Waals surface area contributed by atoms with Crippen LogP contribution in [0.15, 0.2) is 42.6 Å². The van der Waals surface area contributed by atoms with Crippen LogP contribution >= 0.6 is 11.6 Å². The third-order valence-electron chi connectivity index (χ3n) is 3.74. The standard InChI is InChI=1S/C15H15ClN4O2/c16-12-4-3-7-17-15(12)19-10-8-18(9-11-19)13-5-1-2-6-14(13)20(21)22/h1-7H,8-11H2. The van der Waals surface area contributed by atoms with Gasteiger partial charge in [-0.2, -0.15) is 0 Å². The Hall–Kier alpha value is -2.34. The van der Waals surface area contributed by atoms with Crippen LogP contribution in [0.5, 0.6) is 0 Å². The van der Waals surface area contributed by atoms with Gasteiger partial charge in [0, 0.05) is 38.4 Å². The molecule has 1 saturated heterocycles. The zero-order valence-corrected chi connectivity index (χ0v) is 12.6. The fraction of sp³-hybridized carbons (Fsp3) is 0.267. The predicted octanol–water partition coefficient (Wildman–Crippen LogP) is 2.97. The monoisotopic (exact) mass is 318 g/mol. The van der Waals surface area contributed by atoms with E-state index in [2.05, 4.69) is 9.88 Å². The van der Waals surface area contributed by atoms with E-state index in [0.717, 1.165) is 18.9 Å². The molecule has 0 atom stereocenters. The first kappa shape index (κ1) is 14.6. The Kier molecular flexibility index (Phi) is 4.11. The molecule has 22 heavy (non-hydrogen) atoms. The molecule has 114 valence electrons. The van der Waals surface area contributed by atoms with Crippen molar-refractivity contribution in [2.24, 2.45) is 0 Å². The summed E-state index contributed by atoms with van der Waals surface area (Å²) in [5.74, 6) is 0.770. The van der Waals surface area contributed by atoms with Crippen LogP contribution in [0.4, 0.5) is 17.2 Å². The molecule has 0 aliphatic carbocycles. The second-order valence-electron chi connectivity index (χ2n) is 5.03. The zero-order valence-electron chi connectivity index (χ0n) is 11.9. The molecule has 2 heterocycles. The van der Waals surface area contributed by atoms with Gasteiger partial charge in [0.1, 0.15) is 11.5 Å². The van der Waals surface area contributed by atoms with Crippen molar-refractivity contribution in [1.29, 1.82) is 0 Å². The Labute approximate surface area is 133 Å². The van der Waals surface area contributed by atoms with E-state index in [1.54, 1.807) is 24.4 Å². The molecule has 2 aromatic rings. The van der Waals surface area contributed by atoms with Crippen LogP contribution < -0.4 is 9.80 Å². The van der Waals surface area contributed by atoms with Crippen molar-refractivity contribution in [3.63, 3.8) is 0 Å². The summed E-state index contributed by atoms with van der Waals surface area (Å²) < 4.78 is 0. The Morgan fingerprint density at radius 1 is 1.05 bits per heavy atom. The zero-order chi connectivity index (χ0) is 15.5. The first-order valence-corrected chi connectivity index (χ1v) is 7.38. The van der Waals surface area contributed by atoms with Crippen molar-refractivity contribution in [3.05, 3.63) is 57.7 Å². The molecular weight excluding hydrogens is 304 g/mol. The van der Waals surface area contributed by atoms with Gasteiger partial charge in [0.2, 0.25) is 0 Å². The largest absolute Gasteiger partial charge is 0.362 e. The molecule has 0 unspecified atom stereocenters. The highest BCUT2D eigenvalue weighted by atomic mass is 35.5. The fourth-order valence-electron chi connectivity index (χ4n) is 2.66. The minimum Gasteiger partial charge on any atom is -0.362 e. The van der Waals surface area contributed by atoms with Crippen LogP contribution in [0.3, 0.4) is 0 Å². The number of hydrogen-bond acceptors (Lipinski definition) is 5. The van der Waals surface area contributed by atoms with Gasteiger partial charge in [0.15, 0.2) is 0 Å². The Balaban J connectivity index is 1.75. The molecule has 1 aliphatic rings. The number of aromatic nitrogens is 1. The van der Waals surface area contributed by atoms with Gasteiger partial charge in [-0.1, -0.05) is 23.7 Å². The maximum absolute atomic E-state index is 11.1. The summed E-state index contributed by atoms with van der Waals surface area (Å²) >= 11 is 6.17. The van der Waals surface area contributed by atoms with E-state index >= 15 is 0 Å². The number of halogens is 1. The summed E-state index contributed by atoms with van der Waals surface area (Å²) in [5.41, 5.74) is 0.811. The van der Waals surface area contributed by atoms with Gasteiger partial charge in [0.25, 0.3) is 5.69 Å². The molecule has 1 aromatic heterocycles. The lowest BCUT2D eigenvalue weighted by Gasteiger charge is -2.36. The molecule has 0 bridgehead atoms. The lowest BCUT2D eigenvalue weighted by atomic mass is 10.2. The molecule has 7 heteroatoms. The van der Waals surface area contributed by atoms with E-state index in [0.29, 0.717) is 23.8 Å². The van der Waals surface area contributed by atoms with Crippen LogP contribution in [0.1, 0.15) is 0 Å². The fourth-order valence-corrected chi connectivity index (χ4v) is 2.90. The van der Waals surface area contributed by atoms with Crippen molar-refractivity contribution in [1.82, 2.24) is 4.98 Å². The van der Waals surface area contributed by atoms with Crippen molar-refractivity contribution < 1.29 is 4.92 Å². The molecule has 1 aliphatic heterocycles. The number of nitro benzene ring substituents is 1. The summed E-state index contributed by atoms with van der Waals surface area (Å²) in [5, 5.41) is 11.8. The number of rotatable bonds is 3. The highest BCUT2D eigenvalue weighted by molar-refractivity contribution is 6.32. The first-order chi connectivity index (χ1) is 10.7. The molecular formula is C15H15ClN4O2. The number of benzene rings is 1. The van der Waals surface area contributed by atoms with Crippen molar-refractivity contribution >= 4 is 28.8 Å². The Bertz CT molecular complexity index is 687. The SMILES string of the molecule is O=[N+]([O-])c1ccccc1N1CCN(c2ncccc2Cl)CC1. The Morgan fingerprint density at radius 2 is 1.73 bits per heavy atom. The molecule has 0 spiro atoms. The average Bonchev–Trinajstić information content (AvgIpc) is 2.55. The third-order valence-corrected chi connectivity index (χ3v) is 4.03. The van der Waals surface area contributed by atoms with Crippen LogP contribution in [-0.2, 0) is 0 Å². The summed E-state index contributed by atoms with van der Waals surface area (Å²) in [4.78, 5) is 19.3. The van der Waals surface area contributed by atoms with E-state index in [4.69, 9.17) is 11.6 Å². The molecule has 0 radical (unpaired) electrons. The molecule has 1 aromatic carbocycles. The smallest absolute Gasteiger partial charge is 0.292 e. The lowest BCUT2D eigenvalue weighted by Crippen LogP contribution is -2.47. The van der Waals surface area contributed by atoms with Crippen LogP contribution in [0, 0.1) is 10.1 Å². The van der Waals surface area contributed by atoms with Gasteiger partial charge >= 0.3 is 0 Å². The maximum atomic E-state index is 11.1. The number of pyridine rings is 1. The number of nitrogens with zero attached hydrogens (tertiary/aromatic N) is 4. The molecule has 6 nitrogen and oxygen atoms in total. The highest BCUT2D eigenvalue weighted by Gasteiger charge is 2.24. The van der Waals surface area contributed by atoms with Crippen LogP contribution in [0.2, 0.25) is 5.02 Å². The minimum atomic E-state index is -0.336. The normalized spacial score (nSPS) is 15.0. The number of para-hydroxylation sites is 2. The second-order valence-corrected chi connectivity index (χ2v) is 5.44. The molecule has 0 N–H and O–H groups in total. The Morgan fingerprint density at radius 3 is 2.41 bits per heavy atom. The van der Waals surface area contributed by atoms with Crippen molar-refractivity contribution in [2.45, 2.75) is 0 Å². The van der Waals surface area contributed by atoms with E-state index < -0.39 is 0 Å². The molecule has 0 amide bonds. The maximum Gasteiger partial charge on any atom is 0.292 e. The van der Waals surface area contributed by atoms with E-state index in [1.807, 2.05) is 17.0 Å². The van der Waals surface area contributed by atoms with Crippen molar-refractivity contribution in [3.8, 4) is 0 Å². The number of hydrogen-bond donors (Lipinski definition) is 0. The lowest BCUT2D eigenvalue weighted by molar-refractivity contribution is -0.384. The molecule has 1 fully saturated rings. The molecule has 3 rings (SSSR count). The summed E-state index contributed by atoms with van der Waals surface area (Å²) in [7, 11) is 0. The average molecular weight is 319 g/mol. The third kappa shape index (κ3) is 2.82. The van der Waals surface area contributed by atoms with Gasteiger partial charge in [0.05, 0.1) is 9.95 Å². The van der Waals surface area contributed by atoms with Gasteiger partial charge < -0.3 is 9.80 Å². The minimum absolute atomic E-state index is 0.145. The first-order valence-electron chi connectivity index (χ1n) is 7.00. The quantitative estimate of drug-likeness (QED) is 0.643.